The van der Waals surface area contributed by atoms with E-state index >= 15 is 0 Å². The molecule has 24 heavy (non-hydrogen) atoms. The Morgan fingerprint density at radius 3 is 2.83 bits per heavy atom. The second kappa shape index (κ2) is 8.19. The molecular formula is C18H21ClN2O2S. The van der Waals surface area contributed by atoms with E-state index in [-0.39, 0.29) is 12.3 Å². The van der Waals surface area contributed by atoms with Crippen LogP contribution in [0.4, 0.5) is 0 Å². The normalized spacial score (nSPS) is 13.8. The number of rotatable bonds is 6. The molecular weight excluding hydrogens is 344 g/mol. The maximum absolute atomic E-state index is 12.4. The molecule has 0 atom stereocenters. The summed E-state index contributed by atoms with van der Waals surface area (Å²) in [6, 6.07) is 7.77. The Morgan fingerprint density at radius 1 is 1.25 bits per heavy atom. The zero-order chi connectivity index (χ0) is 16.9. The van der Waals surface area contributed by atoms with Crippen molar-refractivity contribution >= 4 is 23.4 Å². The van der Waals surface area contributed by atoms with Crippen molar-refractivity contribution in [3.63, 3.8) is 0 Å². The number of hydrogen-bond donors (Lipinski definition) is 1. The number of nitrogens with zero attached hydrogens (tertiary/aromatic N) is 2. The van der Waals surface area contributed by atoms with E-state index in [0.717, 1.165) is 47.0 Å². The average molecular weight is 365 g/mol. The van der Waals surface area contributed by atoms with Crippen LogP contribution in [0.25, 0.3) is 0 Å². The van der Waals surface area contributed by atoms with Crippen LogP contribution in [-0.2, 0) is 25.1 Å². The first kappa shape index (κ1) is 17.5. The zero-order valence-electron chi connectivity index (χ0n) is 13.5. The molecule has 2 aromatic rings. The third-order valence-corrected chi connectivity index (χ3v) is 5.75. The van der Waals surface area contributed by atoms with Gasteiger partial charge in [0.05, 0.1) is 0 Å². The molecule has 1 aromatic carbocycles. The summed E-state index contributed by atoms with van der Waals surface area (Å²) >= 11 is 7.82. The Labute approximate surface area is 150 Å². The minimum Gasteiger partial charge on any atom is -0.396 e. The van der Waals surface area contributed by atoms with Crippen molar-refractivity contribution in [1.29, 1.82) is 0 Å². The summed E-state index contributed by atoms with van der Waals surface area (Å²) in [5.41, 5.74) is 3.16. The van der Waals surface area contributed by atoms with Crippen LogP contribution < -0.4 is 5.69 Å². The van der Waals surface area contributed by atoms with Crippen LogP contribution in [0.15, 0.2) is 34.1 Å². The quantitative estimate of drug-likeness (QED) is 0.630. The van der Waals surface area contributed by atoms with E-state index < -0.39 is 0 Å². The Balaban J connectivity index is 1.89. The van der Waals surface area contributed by atoms with E-state index in [4.69, 9.17) is 16.7 Å². The van der Waals surface area contributed by atoms with Gasteiger partial charge in [-0.1, -0.05) is 29.8 Å². The highest BCUT2D eigenvalue weighted by Crippen LogP contribution is 2.31. The monoisotopic (exact) mass is 364 g/mol. The van der Waals surface area contributed by atoms with Crippen molar-refractivity contribution in [2.24, 2.45) is 0 Å². The van der Waals surface area contributed by atoms with Crippen molar-refractivity contribution < 1.29 is 5.11 Å². The Bertz CT molecular complexity index is 776. The molecule has 0 radical (unpaired) electrons. The molecule has 1 heterocycles. The fraction of sp³-hybridized carbons (Fsp3) is 0.444. The van der Waals surface area contributed by atoms with Crippen molar-refractivity contribution in [2.45, 2.75) is 49.4 Å². The highest BCUT2D eigenvalue weighted by molar-refractivity contribution is 7.98. The molecule has 1 N–H and O–H groups in total. The van der Waals surface area contributed by atoms with Gasteiger partial charge in [-0.15, -0.1) is 11.8 Å². The van der Waals surface area contributed by atoms with Crippen LogP contribution in [0.2, 0.25) is 5.02 Å². The van der Waals surface area contributed by atoms with E-state index in [1.165, 1.54) is 5.56 Å². The average Bonchev–Trinajstić information content (AvgIpc) is 2.60. The molecule has 0 bridgehead atoms. The Morgan fingerprint density at radius 2 is 2.04 bits per heavy atom. The number of fused-ring (bicyclic) bond motifs is 1. The van der Waals surface area contributed by atoms with Gasteiger partial charge in [0.2, 0.25) is 0 Å². The lowest BCUT2D eigenvalue weighted by Gasteiger charge is -2.22. The minimum atomic E-state index is -0.203. The van der Waals surface area contributed by atoms with Gasteiger partial charge in [-0.3, -0.25) is 4.57 Å². The van der Waals surface area contributed by atoms with Gasteiger partial charge < -0.3 is 5.11 Å². The first-order valence-electron chi connectivity index (χ1n) is 8.30. The molecule has 0 fully saturated rings. The molecule has 6 heteroatoms. The summed E-state index contributed by atoms with van der Waals surface area (Å²) < 4.78 is 1.75. The molecule has 0 spiro atoms. The molecule has 0 aliphatic heterocycles. The second-order valence-corrected chi connectivity index (χ2v) is 7.31. The molecule has 0 saturated heterocycles. The summed E-state index contributed by atoms with van der Waals surface area (Å²) in [7, 11) is 0. The van der Waals surface area contributed by atoms with Crippen LogP contribution in [0.3, 0.4) is 0 Å². The first-order valence-corrected chi connectivity index (χ1v) is 9.66. The fourth-order valence-electron chi connectivity index (χ4n) is 3.09. The largest absolute Gasteiger partial charge is 0.396 e. The van der Waals surface area contributed by atoms with Crippen molar-refractivity contribution in [2.75, 3.05) is 6.61 Å². The third-order valence-electron chi connectivity index (χ3n) is 4.31. The van der Waals surface area contributed by atoms with Gasteiger partial charge in [-0.05, 0) is 43.7 Å². The van der Waals surface area contributed by atoms with Crippen LogP contribution in [0.1, 0.15) is 36.1 Å². The summed E-state index contributed by atoms with van der Waals surface area (Å²) in [5, 5.41) is 10.6. The first-order chi connectivity index (χ1) is 11.7. The second-order valence-electron chi connectivity index (χ2n) is 5.94. The van der Waals surface area contributed by atoms with Gasteiger partial charge in [0.15, 0.2) is 0 Å². The predicted octanol–water partition coefficient (Wildman–Crippen LogP) is 3.45. The van der Waals surface area contributed by atoms with E-state index in [0.29, 0.717) is 18.7 Å². The maximum atomic E-state index is 12.4. The van der Waals surface area contributed by atoms with Crippen LogP contribution in [-0.4, -0.2) is 21.3 Å². The van der Waals surface area contributed by atoms with Crippen LogP contribution >= 0.6 is 23.4 Å². The van der Waals surface area contributed by atoms with Gasteiger partial charge in [0.1, 0.15) is 5.03 Å². The smallest absolute Gasteiger partial charge is 0.348 e. The maximum Gasteiger partial charge on any atom is 0.348 e. The standard InChI is InChI=1S/C18H21ClN2O2S/c19-15-8-3-1-6-13(15)12-24-17-14-7-2-4-9-16(14)21(10-5-11-22)18(23)20-17/h1,3,6,8,22H,2,4-5,7,9-12H2. The summed E-state index contributed by atoms with van der Waals surface area (Å²) in [6.07, 6.45) is 4.70. The van der Waals surface area contributed by atoms with Gasteiger partial charge >= 0.3 is 5.69 Å². The van der Waals surface area contributed by atoms with Gasteiger partial charge in [-0.25, -0.2) is 4.79 Å². The Hall–Kier alpha value is -1.30. The van der Waals surface area contributed by atoms with Crippen LogP contribution in [0, 0.1) is 0 Å². The highest BCUT2D eigenvalue weighted by Gasteiger charge is 2.20. The van der Waals surface area contributed by atoms with E-state index in [2.05, 4.69) is 4.98 Å². The molecule has 128 valence electrons. The lowest BCUT2D eigenvalue weighted by Crippen LogP contribution is -2.30. The summed E-state index contributed by atoms with van der Waals surface area (Å²) in [4.78, 5) is 16.8. The SMILES string of the molecule is O=c1nc(SCc2ccccc2Cl)c2c(n1CCCO)CCCC2. The molecule has 1 aliphatic carbocycles. The lowest BCUT2D eigenvalue weighted by atomic mass is 9.97. The number of benzene rings is 1. The van der Waals surface area contributed by atoms with Crippen molar-refractivity contribution in [1.82, 2.24) is 9.55 Å². The van der Waals surface area contributed by atoms with E-state index in [9.17, 15) is 4.79 Å². The molecule has 1 aliphatic rings. The van der Waals surface area contributed by atoms with Gasteiger partial charge in [-0.2, -0.15) is 4.98 Å². The predicted molar refractivity (Wildman–Crippen MR) is 97.9 cm³/mol. The van der Waals surface area contributed by atoms with Crippen molar-refractivity contribution in [3.8, 4) is 0 Å². The highest BCUT2D eigenvalue weighted by atomic mass is 35.5. The molecule has 0 unspecified atom stereocenters. The van der Waals surface area contributed by atoms with Crippen molar-refractivity contribution in [3.05, 3.63) is 56.6 Å². The molecule has 3 rings (SSSR count). The fourth-order valence-corrected chi connectivity index (χ4v) is 4.45. The van der Waals surface area contributed by atoms with E-state index in [1.54, 1.807) is 16.3 Å². The topological polar surface area (TPSA) is 55.1 Å². The molecule has 0 saturated carbocycles. The number of halogens is 1. The number of aliphatic hydroxyl groups is 1. The van der Waals surface area contributed by atoms with E-state index in [1.807, 2.05) is 24.3 Å². The Kier molecular flexibility index (Phi) is 5.98. The number of aliphatic hydroxyl groups excluding tert-OH is 1. The molecule has 1 aromatic heterocycles. The lowest BCUT2D eigenvalue weighted by molar-refractivity contribution is 0.277. The number of aromatic nitrogens is 2. The van der Waals surface area contributed by atoms with Crippen LogP contribution in [0.5, 0.6) is 0 Å². The van der Waals surface area contributed by atoms with Gasteiger partial charge in [0, 0.05) is 35.2 Å². The third kappa shape index (κ3) is 3.85. The number of thioether (sulfide) groups is 1. The molecule has 4 nitrogen and oxygen atoms in total. The summed E-state index contributed by atoms with van der Waals surface area (Å²) in [5.74, 6) is 0.708. The zero-order valence-corrected chi connectivity index (χ0v) is 15.1. The summed E-state index contributed by atoms with van der Waals surface area (Å²) in [6.45, 7) is 0.629. The van der Waals surface area contributed by atoms with Gasteiger partial charge in [0.25, 0.3) is 0 Å². The molecule has 0 amide bonds. The minimum absolute atomic E-state index is 0.0875. The number of hydrogen-bond acceptors (Lipinski definition) is 4.